The quantitative estimate of drug-likeness (QED) is 0.927. The summed E-state index contributed by atoms with van der Waals surface area (Å²) in [5.74, 6) is -0.296. The van der Waals surface area contributed by atoms with Crippen LogP contribution in [0.15, 0.2) is 18.2 Å². The van der Waals surface area contributed by atoms with Gasteiger partial charge in [-0.15, -0.1) is 0 Å². The number of morpholine rings is 1. The molecule has 1 N–H and O–H groups in total. The zero-order chi connectivity index (χ0) is 17.0. The van der Waals surface area contributed by atoms with Crippen LogP contribution in [0.2, 0.25) is 0 Å². The third-order valence-electron chi connectivity index (χ3n) is 4.24. The topological polar surface area (TPSA) is 44.8 Å². The summed E-state index contributed by atoms with van der Waals surface area (Å²) in [4.78, 5) is 16.0. The number of urea groups is 1. The van der Waals surface area contributed by atoms with E-state index in [9.17, 15) is 9.18 Å². The Balaban J connectivity index is 2.19. The molecule has 23 heavy (non-hydrogen) atoms. The standard InChI is InChI=1S/C17H26FN3O2/c1-12(2)20(4)17(22)19-13(3)15-11-14(18)5-6-16(15)21-7-9-23-10-8-21/h5-6,11-13H,7-10H2,1-4H3,(H,19,22)/t13-/m0/s1. The Morgan fingerprint density at radius 2 is 1.96 bits per heavy atom. The molecule has 0 spiro atoms. The molecule has 0 bridgehead atoms. The number of nitrogens with one attached hydrogen (secondary N) is 1. The van der Waals surface area contributed by atoms with Gasteiger partial charge in [-0.1, -0.05) is 0 Å². The molecular formula is C17H26FN3O2. The molecule has 1 saturated heterocycles. The maximum Gasteiger partial charge on any atom is 0.317 e. The van der Waals surface area contributed by atoms with Crippen molar-refractivity contribution in [2.24, 2.45) is 0 Å². The fourth-order valence-electron chi connectivity index (χ4n) is 2.56. The molecule has 0 unspecified atom stereocenters. The van der Waals surface area contributed by atoms with E-state index < -0.39 is 0 Å². The molecule has 1 atom stereocenters. The number of carbonyl (C=O) groups excluding carboxylic acids is 1. The van der Waals surface area contributed by atoms with Crippen LogP contribution in [0.25, 0.3) is 0 Å². The summed E-state index contributed by atoms with van der Waals surface area (Å²) in [7, 11) is 1.75. The van der Waals surface area contributed by atoms with E-state index in [1.807, 2.05) is 20.8 Å². The first kappa shape index (κ1) is 17.5. The van der Waals surface area contributed by atoms with Crippen molar-refractivity contribution < 1.29 is 13.9 Å². The van der Waals surface area contributed by atoms with Crippen LogP contribution in [0, 0.1) is 5.82 Å². The Morgan fingerprint density at radius 1 is 1.30 bits per heavy atom. The minimum Gasteiger partial charge on any atom is -0.378 e. The average molecular weight is 323 g/mol. The summed E-state index contributed by atoms with van der Waals surface area (Å²) in [5.41, 5.74) is 1.74. The van der Waals surface area contributed by atoms with Gasteiger partial charge in [0.1, 0.15) is 5.82 Å². The van der Waals surface area contributed by atoms with E-state index in [-0.39, 0.29) is 23.9 Å². The van der Waals surface area contributed by atoms with E-state index in [1.165, 1.54) is 12.1 Å². The molecule has 2 amide bonds. The Bertz CT molecular complexity index is 545. The normalized spacial score (nSPS) is 16.3. The molecule has 1 aliphatic heterocycles. The monoisotopic (exact) mass is 323 g/mol. The second kappa shape index (κ2) is 7.64. The van der Waals surface area contributed by atoms with Gasteiger partial charge in [-0.25, -0.2) is 9.18 Å². The number of nitrogens with zero attached hydrogens (tertiary/aromatic N) is 2. The summed E-state index contributed by atoms with van der Waals surface area (Å²) in [6, 6.07) is 4.41. The third-order valence-corrected chi connectivity index (χ3v) is 4.24. The van der Waals surface area contributed by atoms with Gasteiger partial charge in [0.15, 0.2) is 0 Å². The maximum atomic E-state index is 13.7. The molecule has 2 rings (SSSR count). The van der Waals surface area contributed by atoms with Gasteiger partial charge in [0.25, 0.3) is 0 Å². The number of anilines is 1. The highest BCUT2D eigenvalue weighted by Crippen LogP contribution is 2.28. The van der Waals surface area contributed by atoms with Crippen molar-refractivity contribution >= 4 is 11.7 Å². The Kier molecular flexibility index (Phi) is 5.82. The van der Waals surface area contributed by atoms with E-state index in [0.717, 1.165) is 24.3 Å². The molecule has 1 aromatic rings. The summed E-state index contributed by atoms with van der Waals surface area (Å²) in [6.07, 6.45) is 0. The van der Waals surface area contributed by atoms with Gasteiger partial charge < -0.3 is 19.9 Å². The lowest BCUT2D eigenvalue weighted by Crippen LogP contribution is -2.43. The van der Waals surface area contributed by atoms with Crippen LogP contribution in [-0.2, 0) is 4.74 Å². The third kappa shape index (κ3) is 4.34. The fourth-order valence-corrected chi connectivity index (χ4v) is 2.56. The molecule has 1 aromatic carbocycles. The van der Waals surface area contributed by atoms with E-state index in [1.54, 1.807) is 18.0 Å². The highest BCUT2D eigenvalue weighted by atomic mass is 19.1. The van der Waals surface area contributed by atoms with Crippen molar-refractivity contribution in [3.05, 3.63) is 29.6 Å². The van der Waals surface area contributed by atoms with Crippen LogP contribution in [-0.4, -0.2) is 50.3 Å². The van der Waals surface area contributed by atoms with Gasteiger partial charge in [0.2, 0.25) is 0 Å². The summed E-state index contributed by atoms with van der Waals surface area (Å²) >= 11 is 0. The lowest BCUT2D eigenvalue weighted by atomic mass is 10.0. The maximum absolute atomic E-state index is 13.7. The fraction of sp³-hybridized carbons (Fsp3) is 0.588. The van der Waals surface area contributed by atoms with Crippen molar-refractivity contribution in [3.63, 3.8) is 0 Å². The van der Waals surface area contributed by atoms with Crippen molar-refractivity contribution in [1.82, 2.24) is 10.2 Å². The van der Waals surface area contributed by atoms with E-state index in [2.05, 4.69) is 10.2 Å². The minimum atomic E-state index is -0.296. The van der Waals surface area contributed by atoms with Gasteiger partial charge in [0.05, 0.1) is 19.3 Å². The molecule has 0 aromatic heterocycles. The van der Waals surface area contributed by atoms with Crippen molar-refractivity contribution in [2.75, 3.05) is 38.3 Å². The zero-order valence-electron chi connectivity index (χ0n) is 14.3. The molecular weight excluding hydrogens is 297 g/mol. The minimum absolute atomic E-state index is 0.105. The molecule has 6 heteroatoms. The van der Waals surface area contributed by atoms with Crippen molar-refractivity contribution in [2.45, 2.75) is 32.9 Å². The second-order valence-electron chi connectivity index (χ2n) is 6.18. The number of hydrogen-bond acceptors (Lipinski definition) is 3. The van der Waals surface area contributed by atoms with Crippen LogP contribution in [0.5, 0.6) is 0 Å². The van der Waals surface area contributed by atoms with Crippen LogP contribution in [0.1, 0.15) is 32.4 Å². The van der Waals surface area contributed by atoms with E-state index in [4.69, 9.17) is 4.74 Å². The zero-order valence-corrected chi connectivity index (χ0v) is 14.3. The molecule has 1 heterocycles. The highest BCUT2D eigenvalue weighted by Gasteiger charge is 2.21. The molecule has 0 saturated carbocycles. The number of rotatable bonds is 4. The van der Waals surface area contributed by atoms with Crippen LogP contribution in [0.3, 0.4) is 0 Å². The Hall–Kier alpha value is -1.82. The van der Waals surface area contributed by atoms with E-state index >= 15 is 0 Å². The predicted molar refractivity (Wildman–Crippen MR) is 89.3 cm³/mol. The first-order chi connectivity index (χ1) is 10.9. The highest BCUT2D eigenvalue weighted by molar-refractivity contribution is 5.75. The number of benzene rings is 1. The Morgan fingerprint density at radius 3 is 2.57 bits per heavy atom. The Labute approximate surface area is 137 Å². The van der Waals surface area contributed by atoms with Gasteiger partial charge in [-0.2, -0.15) is 0 Å². The molecule has 1 fully saturated rings. The SMILES string of the molecule is CC(C)N(C)C(=O)N[C@@H](C)c1cc(F)ccc1N1CCOCC1. The number of carbonyl (C=O) groups is 1. The summed E-state index contributed by atoms with van der Waals surface area (Å²) < 4.78 is 19.1. The van der Waals surface area contributed by atoms with Crippen LogP contribution in [0.4, 0.5) is 14.9 Å². The van der Waals surface area contributed by atoms with Gasteiger partial charge in [0, 0.05) is 37.4 Å². The largest absolute Gasteiger partial charge is 0.378 e. The van der Waals surface area contributed by atoms with Crippen molar-refractivity contribution in [3.8, 4) is 0 Å². The van der Waals surface area contributed by atoms with Gasteiger partial charge in [-0.3, -0.25) is 0 Å². The molecule has 0 aliphatic carbocycles. The molecule has 1 aliphatic rings. The summed E-state index contributed by atoms with van der Waals surface area (Å²) in [5, 5.41) is 2.95. The molecule has 5 nitrogen and oxygen atoms in total. The molecule has 128 valence electrons. The smallest absolute Gasteiger partial charge is 0.317 e. The van der Waals surface area contributed by atoms with Gasteiger partial charge >= 0.3 is 6.03 Å². The first-order valence-electron chi connectivity index (χ1n) is 8.05. The predicted octanol–water partition coefficient (Wildman–Crippen LogP) is 2.77. The van der Waals surface area contributed by atoms with Crippen LogP contribution >= 0.6 is 0 Å². The number of hydrogen-bond donors (Lipinski definition) is 1. The molecule has 0 radical (unpaired) electrons. The lowest BCUT2D eigenvalue weighted by Gasteiger charge is -2.32. The van der Waals surface area contributed by atoms with E-state index in [0.29, 0.717) is 13.2 Å². The number of halogens is 1. The van der Waals surface area contributed by atoms with Crippen LogP contribution < -0.4 is 10.2 Å². The van der Waals surface area contributed by atoms with Crippen molar-refractivity contribution in [1.29, 1.82) is 0 Å². The average Bonchev–Trinajstić information content (AvgIpc) is 2.54. The lowest BCUT2D eigenvalue weighted by molar-refractivity contribution is 0.122. The summed E-state index contributed by atoms with van der Waals surface area (Å²) in [6.45, 7) is 8.64. The first-order valence-corrected chi connectivity index (χ1v) is 8.05. The van der Waals surface area contributed by atoms with Gasteiger partial charge in [-0.05, 0) is 39.0 Å². The number of ether oxygens (including phenoxy) is 1. The second-order valence-corrected chi connectivity index (χ2v) is 6.18. The number of amides is 2.